The summed E-state index contributed by atoms with van der Waals surface area (Å²) in [7, 11) is 0. The molecule has 1 N–H and O–H groups in total. The van der Waals surface area contributed by atoms with E-state index in [2.05, 4.69) is 51.2 Å². The average Bonchev–Trinajstić information content (AvgIpc) is 2.31. The fourth-order valence-electron chi connectivity index (χ4n) is 2.43. The van der Waals surface area contributed by atoms with E-state index in [0.29, 0.717) is 6.10 Å². The molecule has 0 bridgehead atoms. The van der Waals surface area contributed by atoms with Gasteiger partial charge in [0.2, 0.25) is 0 Å². The summed E-state index contributed by atoms with van der Waals surface area (Å²) in [5.74, 6) is 1.07. The van der Waals surface area contributed by atoms with Gasteiger partial charge in [-0.05, 0) is 49.9 Å². The van der Waals surface area contributed by atoms with Crippen LogP contribution in [0.3, 0.4) is 0 Å². The van der Waals surface area contributed by atoms with Gasteiger partial charge in [0.1, 0.15) is 11.9 Å². The van der Waals surface area contributed by atoms with Crippen LogP contribution in [0.1, 0.15) is 44.7 Å². The summed E-state index contributed by atoms with van der Waals surface area (Å²) in [4.78, 5) is 0. The zero-order valence-corrected chi connectivity index (χ0v) is 13.3. The van der Waals surface area contributed by atoms with Crippen LogP contribution in [0, 0.1) is 6.92 Å². The first kappa shape index (κ1) is 16.3. The van der Waals surface area contributed by atoms with E-state index >= 15 is 0 Å². The predicted octanol–water partition coefficient (Wildman–Crippen LogP) is 3.85. The summed E-state index contributed by atoms with van der Waals surface area (Å²) >= 11 is 0. The van der Waals surface area contributed by atoms with Crippen LogP contribution in [0.25, 0.3) is 0 Å². The van der Waals surface area contributed by atoms with Crippen LogP contribution in [0.5, 0.6) is 5.75 Å². The van der Waals surface area contributed by atoms with Crippen molar-refractivity contribution in [3.63, 3.8) is 0 Å². The third-order valence-corrected chi connectivity index (χ3v) is 3.52. The molecule has 0 aliphatic carbocycles. The van der Waals surface area contributed by atoms with Gasteiger partial charge in [0.15, 0.2) is 0 Å². The molecule has 0 amide bonds. The van der Waals surface area contributed by atoms with Crippen LogP contribution in [0.4, 0.5) is 0 Å². The van der Waals surface area contributed by atoms with E-state index in [9.17, 15) is 0 Å². The lowest BCUT2D eigenvalue weighted by Crippen LogP contribution is -2.34. The molecule has 1 aromatic carbocycles. The largest absolute Gasteiger partial charge is 0.490 e. The molecular formula is C16H26ClNO. The minimum atomic E-state index is 0. The fraction of sp³-hybridized carbons (Fsp3) is 0.625. The normalized spacial score (nSPS) is 16.8. The molecule has 1 aliphatic heterocycles. The molecule has 1 heterocycles. The number of aryl methyl sites for hydroxylation is 1. The smallest absolute Gasteiger partial charge is 0.123 e. The summed E-state index contributed by atoms with van der Waals surface area (Å²) < 4.78 is 6.23. The van der Waals surface area contributed by atoms with Crippen LogP contribution >= 0.6 is 12.4 Å². The van der Waals surface area contributed by atoms with Gasteiger partial charge < -0.3 is 10.1 Å². The lowest BCUT2D eigenvalue weighted by molar-refractivity contribution is 0.159. The first-order chi connectivity index (χ1) is 8.47. The van der Waals surface area contributed by atoms with Crippen molar-refractivity contribution in [1.29, 1.82) is 0 Å². The van der Waals surface area contributed by atoms with Gasteiger partial charge in [-0.2, -0.15) is 0 Å². The Morgan fingerprint density at radius 2 is 1.79 bits per heavy atom. The molecular weight excluding hydrogens is 258 g/mol. The Kier molecular flexibility index (Phi) is 5.69. The van der Waals surface area contributed by atoms with Crippen LogP contribution in [0.2, 0.25) is 0 Å². The SMILES string of the molecule is Cc1ccc(OC2CCNCC2)c(C(C)(C)C)c1.Cl. The van der Waals surface area contributed by atoms with Crippen molar-refractivity contribution in [3.05, 3.63) is 29.3 Å². The molecule has 0 radical (unpaired) electrons. The molecule has 0 unspecified atom stereocenters. The van der Waals surface area contributed by atoms with Gasteiger partial charge in [0, 0.05) is 0 Å². The van der Waals surface area contributed by atoms with Gasteiger partial charge in [-0.3, -0.25) is 0 Å². The maximum Gasteiger partial charge on any atom is 0.123 e. The Hall–Kier alpha value is -0.730. The second kappa shape index (κ2) is 6.62. The van der Waals surface area contributed by atoms with E-state index in [1.807, 2.05) is 0 Å². The Bertz CT molecular complexity index is 406. The molecule has 3 heteroatoms. The zero-order chi connectivity index (χ0) is 13.2. The van der Waals surface area contributed by atoms with Crippen molar-refractivity contribution in [1.82, 2.24) is 5.32 Å². The first-order valence-corrected chi connectivity index (χ1v) is 6.95. The van der Waals surface area contributed by atoms with Gasteiger partial charge in [0.05, 0.1) is 0 Å². The number of benzene rings is 1. The van der Waals surface area contributed by atoms with E-state index in [0.717, 1.165) is 31.7 Å². The standard InChI is InChI=1S/C16H25NO.ClH/c1-12-5-6-15(14(11-12)16(2,3)4)18-13-7-9-17-10-8-13;/h5-6,11,13,17H,7-10H2,1-4H3;1H. The van der Waals surface area contributed by atoms with Gasteiger partial charge in [-0.25, -0.2) is 0 Å². The lowest BCUT2D eigenvalue weighted by Gasteiger charge is -2.28. The van der Waals surface area contributed by atoms with Crippen molar-refractivity contribution in [2.24, 2.45) is 0 Å². The molecule has 0 aromatic heterocycles. The van der Waals surface area contributed by atoms with E-state index in [-0.39, 0.29) is 17.8 Å². The molecule has 108 valence electrons. The third-order valence-electron chi connectivity index (χ3n) is 3.52. The van der Waals surface area contributed by atoms with Crippen molar-refractivity contribution < 1.29 is 4.74 Å². The number of hydrogen-bond donors (Lipinski definition) is 1. The Morgan fingerprint density at radius 1 is 1.16 bits per heavy atom. The van der Waals surface area contributed by atoms with Gasteiger partial charge in [0.25, 0.3) is 0 Å². The van der Waals surface area contributed by atoms with Crippen LogP contribution in [-0.4, -0.2) is 19.2 Å². The number of ether oxygens (including phenoxy) is 1. The highest BCUT2D eigenvalue weighted by atomic mass is 35.5. The maximum absolute atomic E-state index is 6.23. The average molecular weight is 284 g/mol. The van der Waals surface area contributed by atoms with Crippen molar-refractivity contribution in [3.8, 4) is 5.75 Å². The van der Waals surface area contributed by atoms with Crippen LogP contribution in [0.15, 0.2) is 18.2 Å². The highest BCUT2D eigenvalue weighted by molar-refractivity contribution is 5.85. The highest BCUT2D eigenvalue weighted by Crippen LogP contribution is 2.33. The summed E-state index contributed by atoms with van der Waals surface area (Å²) in [5.41, 5.74) is 2.76. The van der Waals surface area contributed by atoms with Crippen molar-refractivity contribution >= 4 is 12.4 Å². The summed E-state index contributed by atoms with van der Waals surface area (Å²) in [6.07, 6.45) is 2.59. The second-order valence-electron chi connectivity index (χ2n) is 6.32. The molecule has 0 spiro atoms. The zero-order valence-electron chi connectivity index (χ0n) is 12.5. The Labute approximate surface area is 123 Å². The fourth-order valence-corrected chi connectivity index (χ4v) is 2.43. The van der Waals surface area contributed by atoms with E-state index in [1.165, 1.54) is 11.1 Å². The molecule has 2 nitrogen and oxygen atoms in total. The number of halogens is 1. The molecule has 0 atom stereocenters. The third kappa shape index (κ3) is 4.39. The van der Waals surface area contributed by atoms with E-state index < -0.39 is 0 Å². The minimum absolute atomic E-state index is 0. The summed E-state index contributed by atoms with van der Waals surface area (Å²) in [6.45, 7) is 11.0. The lowest BCUT2D eigenvalue weighted by atomic mass is 9.85. The molecule has 1 aromatic rings. The van der Waals surface area contributed by atoms with Crippen molar-refractivity contribution in [2.45, 2.75) is 52.1 Å². The first-order valence-electron chi connectivity index (χ1n) is 6.95. The molecule has 1 saturated heterocycles. The molecule has 1 fully saturated rings. The Balaban J connectivity index is 0.00000180. The number of hydrogen-bond acceptors (Lipinski definition) is 2. The predicted molar refractivity (Wildman–Crippen MR) is 83.6 cm³/mol. The topological polar surface area (TPSA) is 21.3 Å². The second-order valence-corrected chi connectivity index (χ2v) is 6.32. The summed E-state index contributed by atoms with van der Waals surface area (Å²) in [5, 5.41) is 3.37. The van der Waals surface area contributed by atoms with E-state index in [1.54, 1.807) is 0 Å². The highest BCUT2D eigenvalue weighted by Gasteiger charge is 2.22. The van der Waals surface area contributed by atoms with Crippen LogP contribution < -0.4 is 10.1 Å². The number of nitrogens with one attached hydrogen (secondary N) is 1. The molecule has 2 rings (SSSR count). The monoisotopic (exact) mass is 283 g/mol. The van der Waals surface area contributed by atoms with E-state index in [4.69, 9.17) is 4.74 Å². The maximum atomic E-state index is 6.23. The quantitative estimate of drug-likeness (QED) is 0.890. The number of piperidine rings is 1. The van der Waals surface area contributed by atoms with Gasteiger partial charge in [-0.1, -0.05) is 38.5 Å². The molecule has 1 aliphatic rings. The molecule has 0 saturated carbocycles. The summed E-state index contributed by atoms with van der Waals surface area (Å²) in [6, 6.07) is 6.54. The van der Waals surface area contributed by atoms with Crippen molar-refractivity contribution in [2.75, 3.05) is 13.1 Å². The Morgan fingerprint density at radius 3 is 2.37 bits per heavy atom. The van der Waals surface area contributed by atoms with Gasteiger partial charge >= 0.3 is 0 Å². The minimum Gasteiger partial charge on any atom is -0.490 e. The van der Waals surface area contributed by atoms with Gasteiger partial charge in [-0.15, -0.1) is 12.4 Å². The van der Waals surface area contributed by atoms with Crippen LogP contribution in [-0.2, 0) is 5.41 Å². The molecule has 19 heavy (non-hydrogen) atoms. The number of rotatable bonds is 2.